The molecular weight excluding hydrogens is 451 g/mol. The number of hydrogen-bond acceptors (Lipinski definition) is 3. The summed E-state index contributed by atoms with van der Waals surface area (Å²) in [5.41, 5.74) is 8.34. The summed E-state index contributed by atoms with van der Waals surface area (Å²) in [4.78, 5) is 4.44. The Balaban J connectivity index is 0.00000261. The fourth-order valence-electron chi connectivity index (χ4n) is 3.32. The molecule has 3 rings (SSSR count). The van der Waals surface area contributed by atoms with Gasteiger partial charge in [-0.2, -0.15) is 0 Å². The number of aliphatic imine (C=N–C) groups is 1. The highest BCUT2D eigenvalue weighted by Gasteiger charge is 2.14. The van der Waals surface area contributed by atoms with Gasteiger partial charge in [0, 0.05) is 31.6 Å². The third-order valence-corrected chi connectivity index (χ3v) is 5.17. The molecule has 0 bridgehead atoms. The third kappa shape index (κ3) is 5.92. The van der Waals surface area contributed by atoms with E-state index in [0.29, 0.717) is 18.4 Å². The number of anilines is 1. The van der Waals surface area contributed by atoms with Gasteiger partial charge >= 0.3 is 0 Å². The lowest BCUT2D eigenvalue weighted by atomic mass is 9.99. The van der Waals surface area contributed by atoms with Gasteiger partial charge in [-0.3, -0.25) is 4.99 Å². The summed E-state index contributed by atoms with van der Waals surface area (Å²) in [6.45, 7) is 6.08. The number of fused-ring (bicyclic) bond motifs is 1. The summed E-state index contributed by atoms with van der Waals surface area (Å²) in [5.74, 6) is 3.16. The second-order valence-corrected chi connectivity index (χ2v) is 7.07. The van der Waals surface area contributed by atoms with Crippen LogP contribution in [0.5, 0.6) is 0 Å². The third-order valence-electron chi connectivity index (χ3n) is 5.17. The Labute approximate surface area is 179 Å². The van der Waals surface area contributed by atoms with E-state index in [4.69, 9.17) is 5.73 Å². The number of nitrogens with zero attached hydrogens (tertiary/aromatic N) is 4. The molecule has 1 atom stereocenters. The quantitative estimate of drug-likeness (QED) is 0.369. The highest BCUT2D eigenvalue weighted by Crippen LogP contribution is 2.20. The first-order valence-electron chi connectivity index (χ1n) is 9.75. The summed E-state index contributed by atoms with van der Waals surface area (Å²) in [7, 11) is 0. The fraction of sp³-hybridized carbons (Fsp3) is 0.550. The smallest absolute Gasteiger partial charge is 0.193 e. The van der Waals surface area contributed by atoms with Crippen molar-refractivity contribution in [2.45, 2.75) is 64.8 Å². The van der Waals surface area contributed by atoms with E-state index in [9.17, 15) is 0 Å². The molecule has 2 heterocycles. The normalized spacial score (nSPS) is 15.4. The standard InChI is InChI=1S/C20H30N6.HI/c1-3-15(2)16-8-10-17(11-9-16)23-20(21)22-13-12-19-25-24-18-7-5-4-6-14-26(18)19;/h8-11,15H,3-7,12-14H2,1-2H3,(H3,21,22,23);1H. The monoisotopic (exact) mass is 482 g/mol. The summed E-state index contributed by atoms with van der Waals surface area (Å²) < 4.78 is 2.26. The molecule has 1 aliphatic heterocycles. The molecule has 0 saturated heterocycles. The number of halogens is 1. The maximum atomic E-state index is 6.03. The molecule has 27 heavy (non-hydrogen) atoms. The van der Waals surface area contributed by atoms with Crippen molar-refractivity contribution < 1.29 is 0 Å². The van der Waals surface area contributed by atoms with Crippen LogP contribution in [-0.4, -0.2) is 27.3 Å². The van der Waals surface area contributed by atoms with Gasteiger partial charge in [0.05, 0.1) is 0 Å². The lowest BCUT2D eigenvalue weighted by Crippen LogP contribution is -2.23. The number of nitrogens with one attached hydrogen (secondary N) is 1. The van der Waals surface area contributed by atoms with Crippen LogP contribution in [0.2, 0.25) is 0 Å². The molecule has 1 aromatic carbocycles. The lowest BCUT2D eigenvalue weighted by Gasteiger charge is -2.11. The fourth-order valence-corrected chi connectivity index (χ4v) is 3.32. The van der Waals surface area contributed by atoms with Crippen molar-refractivity contribution in [3.63, 3.8) is 0 Å². The van der Waals surface area contributed by atoms with Crippen molar-refractivity contribution in [1.82, 2.24) is 14.8 Å². The van der Waals surface area contributed by atoms with Crippen molar-refractivity contribution in [2.75, 3.05) is 11.9 Å². The Bertz CT molecular complexity index is 737. The van der Waals surface area contributed by atoms with Crippen molar-refractivity contribution in [3.05, 3.63) is 41.5 Å². The van der Waals surface area contributed by atoms with Gasteiger partial charge in [0.1, 0.15) is 11.6 Å². The zero-order valence-corrected chi connectivity index (χ0v) is 18.6. The molecule has 6 nitrogen and oxygen atoms in total. The maximum absolute atomic E-state index is 6.03. The maximum Gasteiger partial charge on any atom is 0.193 e. The molecule has 0 radical (unpaired) electrons. The van der Waals surface area contributed by atoms with Crippen LogP contribution in [-0.2, 0) is 19.4 Å². The molecule has 0 spiro atoms. The van der Waals surface area contributed by atoms with E-state index < -0.39 is 0 Å². The molecule has 1 aromatic heterocycles. The topological polar surface area (TPSA) is 81.1 Å². The predicted octanol–water partition coefficient (Wildman–Crippen LogP) is 4.11. The minimum atomic E-state index is 0. The minimum Gasteiger partial charge on any atom is -0.370 e. The lowest BCUT2D eigenvalue weighted by molar-refractivity contribution is 0.605. The molecule has 1 aliphatic rings. The molecule has 0 amide bonds. The molecule has 2 aromatic rings. The highest BCUT2D eigenvalue weighted by atomic mass is 127. The molecule has 3 N–H and O–H groups in total. The number of guanidine groups is 1. The van der Waals surface area contributed by atoms with Crippen LogP contribution in [0.1, 0.15) is 62.7 Å². The Hall–Kier alpha value is -1.64. The second kappa shape index (κ2) is 10.6. The average Bonchev–Trinajstić information content (AvgIpc) is 2.88. The SMILES string of the molecule is CCC(C)c1ccc(NC(N)=NCCc2nnc3n2CCCCC3)cc1.I. The summed E-state index contributed by atoms with van der Waals surface area (Å²) in [5, 5.41) is 11.8. The number of aryl methyl sites for hydroxylation is 1. The van der Waals surface area contributed by atoms with Crippen molar-refractivity contribution in [1.29, 1.82) is 0 Å². The van der Waals surface area contributed by atoms with Crippen LogP contribution < -0.4 is 11.1 Å². The van der Waals surface area contributed by atoms with Crippen LogP contribution >= 0.6 is 24.0 Å². The first-order valence-corrected chi connectivity index (χ1v) is 9.75. The first-order chi connectivity index (χ1) is 12.7. The molecule has 148 valence electrons. The van der Waals surface area contributed by atoms with Crippen LogP contribution in [0, 0.1) is 0 Å². The molecule has 7 heteroatoms. The molecular formula is C20H31IN6. The van der Waals surface area contributed by atoms with Gasteiger partial charge in [0.25, 0.3) is 0 Å². The van der Waals surface area contributed by atoms with Gasteiger partial charge in [-0.05, 0) is 42.9 Å². The predicted molar refractivity (Wildman–Crippen MR) is 122 cm³/mol. The molecule has 1 unspecified atom stereocenters. The number of rotatable bonds is 6. The van der Waals surface area contributed by atoms with E-state index in [1.807, 2.05) is 0 Å². The van der Waals surface area contributed by atoms with E-state index in [1.54, 1.807) is 0 Å². The van der Waals surface area contributed by atoms with E-state index in [-0.39, 0.29) is 24.0 Å². The van der Waals surface area contributed by atoms with Crippen LogP contribution in [0.3, 0.4) is 0 Å². The average molecular weight is 482 g/mol. The summed E-state index contributed by atoms with van der Waals surface area (Å²) >= 11 is 0. The zero-order valence-electron chi connectivity index (χ0n) is 16.3. The summed E-state index contributed by atoms with van der Waals surface area (Å²) in [6, 6.07) is 8.41. The van der Waals surface area contributed by atoms with Gasteiger partial charge < -0.3 is 15.6 Å². The Morgan fingerprint density at radius 1 is 1.22 bits per heavy atom. The van der Waals surface area contributed by atoms with Crippen molar-refractivity contribution >= 4 is 35.6 Å². The molecule has 0 saturated carbocycles. The Kier molecular flexibility index (Phi) is 8.53. The van der Waals surface area contributed by atoms with Crippen molar-refractivity contribution in [2.24, 2.45) is 10.7 Å². The van der Waals surface area contributed by atoms with Gasteiger partial charge in [-0.25, -0.2) is 0 Å². The van der Waals surface area contributed by atoms with Crippen LogP contribution in [0.4, 0.5) is 5.69 Å². The number of aromatic nitrogens is 3. The number of benzene rings is 1. The van der Waals surface area contributed by atoms with Gasteiger partial charge in [0.2, 0.25) is 0 Å². The van der Waals surface area contributed by atoms with Gasteiger partial charge in [0.15, 0.2) is 5.96 Å². The number of nitrogens with two attached hydrogens (primary N) is 1. The van der Waals surface area contributed by atoms with Crippen LogP contribution in [0.15, 0.2) is 29.3 Å². The van der Waals surface area contributed by atoms with Gasteiger partial charge in [-0.1, -0.05) is 32.4 Å². The van der Waals surface area contributed by atoms with Crippen LogP contribution in [0.25, 0.3) is 0 Å². The first kappa shape index (κ1) is 21.7. The summed E-state index contributed by atoms with van der Waals surface area (Å²) in [6.07, 6.45) is 6.63. The van der Waals surface area contributed by atoms with E-state index in [2.05, 4.69) is 63.2 Å². The molecule has 0 fully saturated rings. The Morgan fingerprint density at radius 3 is 2.74 bits per heavy atom. The zero-order chi connectivity index (χ0) is 18.4. The minimum absolute atomic E-state index is 0. The second-order valence-electron chi connectivity index (χ2n) is 7.07. The Morgan fingerprint density at radius 2 is 2.00 bits per heavy atom. The van der Waals surface area contributed by atoms with E-state index >= 15 is 0 Å². The highest BCUT2D eigenvalue weighted by molar-refractivity contribution is 14.0. The van der Waals surface area contributed by atoms with E-state index in [1.165, 1.54) is 24.8 Å². The number of hydrogen-bond donors (Lipinski definition) is 2. The largest absolute Gasteiger partial charge is 0.370 e. The van der Waals surface area contributed by atoms with Crippen molar-refractivity contribution in [3.8, 4) is 0 Å². The van der Waals surface area contributed by atoms with E-state index in [0.717, 1.165) is 43.1 Å². The van der Waals surface area contributed by atoms with Gasteiger partial charge in [-0.15, -0.1) is 34.2 Å². The molecule has 0 aliphatic carbocycles.